The molecule has 0 N–H and O–H groups in total. The van der Waals surface area contributed by atoms with Crippen LogP contribution in [0.3, 0.4) is 0 Å². The molecule has 0 radical (unpaired) electrons. The summed E-state index contributed by atoms with van der Waals surface area (Å²) in [5.41, 5.74) is 6.89. The highest BCUT2D eigenvalue weighted by Gasteiger charge is 2.31. The highest BCUT2D eigenvalue weighted by Crippen LogP contribution is 2.52. The van der Waals surface area contributed by atoms with E-state index in [-0.39, 0.29) is 0 Å². The molecule has 1 heteroatoms. The van der Waals surface area contributed by atoms with Gasteiger partial charge in [-0.25, -0.2) is 0 Å². The largest absolute Gasteiger partial charge is 0.0622 e. The molecule has 106 valence electrons. The molecule has 0 fully saturated rings. The van der Waals surface area contributed by atoms with Crippen LogP contribution in [0.1, 0.15) is 28.2 Å². The van der Waals surface area contributed by atoms with E-state index >= 15 is 0 Å². The lowest BCUT2D eigenvalue weighted by molar-refractivity contribution is 1.07. The van der Waals surface area contributed by atoms with E-state index in [1.807, 2.05) is 0 Å². The molecule has 0 aromatic heterocycles. The van der Waals surface area contributed by atoms with Crippen LogP contribution >= 0.6 is 22.6 Å². The van der Waals surface area contributed by atoms with Crippen LogP contribution < -0.4 is 0 Å². The van der Waals surface area contributed by atoms with Crippen LogP contribution in [0, 0.1) is 0 Å². The summed E-state index contributed by atoms with van der Waals surface area (Å²) in [6.07, 6.45) is 0. The zero-order chi connectivity index (χ0) is 14.9. The van der Waals surface area contributed by atoms with Crippen LogP contribution in [0.5, 0.6) is 0 Å². The highest BCUT2D eigenvalue weighted by atomic mass is 127. The Hall–Kier alpha value is -1.87. The molecule has 0 saturated heterocycles. The smallest absolute Gasteiger partial charge is 0.0362 e. The summed E-state index contributed by atoms with van der Waals surface area (Å²) in [5.74, 6) is 0.326. The maximum absolute atomic E-state index is 2.51. The maximum Gasteiger partial charge on any atom is 0.0362 e. The first kappa shape index (κ1) is 13.8. The van der Waals surface area contributed by atoms with Crippen molar-refractivity contribution in [1.82, 2.24) is 0 Å². The molecular weight excluding hydrogens is 379 g/mol. The van der Waals surface area contributed by atoms with Gasteiger partial charge in [-0.2, -0.15) is 0 Å². The van der Waals surface area contributed by atoms with Gasteiger partial charge in [0.2, 0.25) is 0 Å². The zero-order valence-electron chi connectivity index (χ0n) is 12.0. The molecule has 3 aromatic rings. The van der Waals surface area contributed by atoms with E-state index in [4.69, 9.17) is 0 Å². The number of hydrogen-bond donors (Lipinski definition) is 0. The minimum atomic E-state index is 0.326. The molecule has 0 spiro atoms. The van der Waals surface area contributed by atoms with Crippen molar-refractivity contribution in [3.63, 3.8) is 0 Å². The van der Waals surface area contributed by atoms with Gasteiger partial charge in [0, 0.05) is 9.50 Å². The second-order valence-electron chi connectivity index (χ2n) is 5.52. The molecule has 1 aliphatic rings. The average Bonchev–Trinajstić information content (AvgIpc) is 2.90. The molecule has 1 aliphatic carbocycles. The molecule has 0 nitrogen and oxygen atoms in total. The van der Waals surface area contributed by atoms with Gasteiger partial charge in [-0.3, -0.25) is 0 Å². The van der Waals surface area contributed by atoms with Gasteiger partial charge in [-0.15, -0.1) is 0 Å². The predicted octanol–water partition coefficient (Wildman–Crippen LogP) is 6.14. The van der Waals surface area contributed by atoms with Crippen molar-refractivity contribution in [2.45, 2.75) is 5.92 Å². The van der Waals surface area contributed by atoms with E-state index < -0.39 is 0 Å². The van der Waals surface area contributed by atoms with E-state index in [1.54, 1.807) is 0 Å². The van der Waals surface area contributed by atoms with Crippen LogP contribution in [-0.4, -0.2) is 0 Å². The number of fused-ring (bicyclic) bond motifs is 1. The minimum absolute atomic E-state index is 0.326. The zero-order valence-corrected chi connectivity index (χ0v) is 14.2. The summed E-state index contributed by atoms with van der Waals surface area (Å²) < 4.78 is 1.37. The summed E-state index contributed by atoms with van der Waals surface area (Å²) in [6, 6.07) is 30.4. The van der Waals surface area contributed by atoms with E-state index in [1.165, 1.54) is 31.4 Å². The van der Waals surface area contributed by atoms with Crippen molar-refractivity contribution < 1.29 is 0 Å². The van der Waals surface area contributed by atoms with Crippen molar-refractivity contribution in [1.29, 1.82) is 0 Å². The summed E-state index contributed by atoms with van der Waals surface area (Å²) in [6.45, 7) is 0. The van der Waals surface area contributed by atoms with Crippen molar-refractivity contribution in [2.24, 2.45) is 0 Å². The summed E-state index contributed by atoms with van der Waals surface area (Å²) in [4.78, 5) is 0. The van der Waals surface area contributed by atoms with Gasteiger partial charge in [-0.1, -0.05) is 84.9 Å². The van der Waals surface area contributed by atoms with Crippen molar-refractivity contribution in [2.75, 3.05) is 0 Å². The van der Waals surface area contributed by atoms with Gasteiger partial charge in [0.25, 0.3) is 0 Å². The number of benzene rings is 3. The molecule has 0 bridgehead atoms. The maximum atomic E-state index is 2.51. The van der Waals surface area contributed by atoms with Gasteiger partial charge in [0.1, 0.15) is 0 Å². The fourth-order valence-corrected chi connectivity index (χ4v) is 4.39. The van der Waals surface area contributed by atoms with Crippen LogP contribution in [0.15, 0.2) is 84.9 Å². The number of allylic oxidation sites excluding steroid dienone is 1. The van der Waals surface area contributed by atoms with Crippen LogP contribution in [0.25, 0.3) is 9.15 Å². The fraction of sp³-hybridized carbons (Fsp3) is 0.0476. The lowest BCUT2D eigenvalue weighted by Crippen LogP contribution is -2.00. The Bertz CT molecular complexity index is 832. The van der Waals surface area contributed by atoms with Gasteiger partial charge >= 0.3 is 0 Å². The number of rotatable bonds is 2. The van der Waals surface area contributed by atoms with E-state index in [2.05, 4.69) is 108 Å². The molecule has 0 amide bonds. The lowest BCUT2D eigenvalue weighted by atomic mass is 9.85. The molecule has 3 aromatic carbocycles. The highest BCUT2D eigenvalue weighted by molar-refractivity contribution is 14.1. The number of hydrogen-bond acceptors (Lipinski definition) is 0. The monoisotopic (exact) mass is 394 g/mol. The summed E-state index contributed by atoms with van der Waals surface area (Å²) >= 11 is 2.51. The van der Waals surface area contributed by atoms with Crippen LogP contribution in [0.4, 0.5) is 0 Å². The minimum Gasteiger partial charge on any atom is -0.0622 e. The molecule has 0 saturated carbocycles. The van der Waals surface area contributed by atoms with Gasteiger partial charge in [0.05, 0.1) is 0 Å². The normalized spacial score (nSPS) is 16.7. The van der Waals surface area contributed by atoms with Gasteiger partial charge in [-0.05, 0) is 50.4 Å². The molecule has 0 heterocycles. The van der Waals surface area contributed by atoms with E-state index in [0.29, 0.717) is 5.92 Å². The first-order chi connectivity index (χ1) is 10.9. The Morgan fingerprint density at radius 3 is 1.95 bits per heavy atom. The first-order valence-electron chi connectivity index (χ1n) is 7.45. The SMILES string of the molecule is IC1=C(c2ccccc2)C(c2ccccc2)c2ccccc21. The van der Waals surface area contributed by atoms with Gasteiger partial charge < -0.3 is 0 Å². The Labute approximate surface area is 144 Å². The van der Waals surface area contributed by atoms with Crippen LogP contribution in [0.2, 0.25) is 0 Å². The summed E-state index contributed by atoms with van der Waals surface area (Å²) in [7, 11) is 0. The van der Waals surface area contributed by atoms with Crippen molar-refractivity contribution in [3.8, 4) is 0 Å². The molecular formula is C21H15I. The second kappa shape index (κ2) is 5.73. The Balaban J connectivity index is 1.97. The van der Waals surface area contributed by atoms with Crippen LogP contribution in [-0.2, 0) is 0 Å². The molecule has 4 rings (SSSR count). The second-order valence-corrected chi connectivity index (χ2v) is 6.60. The quantitative estimate of drug-likeness (QED) is 0.459. The average molecular weight is 394 g/mol. The Morgan fingerprint density at radius 2 is 1.23 bits per heavy atom. The molecule has 1 atom stereocenters. The topological polar surface area (TPSA) is 0 Å². The fourth-order valence-electron chi connectivity index (χ4n) is 3.28. The third-order valence-corrected chi connectivity index (χ3v) is 5.41. The molecule has 1 unspecified atom stereocenters. The third kappa shape index (κ3) is 2.20. The predicted molar refractivity (Wildman–Crippen MR) is 102 cm³/mol. The van der Waals surface area contributed by atoms with Crippen molar-refractivity contribution >= 4 is 31.7 Å². The van der Waals surface area contributed by atoms with E-state index in [9.17, 15) is 0 Å². The van der Waals surface area contributed by atoms with Gasteiger partial charge in [0.15, 0.2) is 0 Å². The lowest BCUT2D eigenvalue weighted by Gasteiger charge is -2.18. The standard InChI is InChI=1S/C21H15I/c22-21-18-14-8-7-13-17(18)19(15-9-3-1-4-10-15)20(21)16-11-5-2-6-12-16/h1-14,19H. The number of halogens is 1. The third-order valence-electron chi connectivity index (χ3n) is 4.25. The van der Waals surface area contributed by atoms with Crippen molar-refractivity contribution in [3.05, 3.63) is 107 Å². The first-order valence-corrected chi connectivity index (χ1v) is 8.53. The Morgan fingerprint density at radius 1 is 0.636 bits per heavy atom. The van der Waals surface area contributed by atoms with E-state index in [0.717, 1.165) is 0 Å². The molecule has 0 aliphatic heterocycles. The molecule has 22 heavy (non-hydrogen) atoms. The summed E-state index contributed by atoms with van der Waals surface area (Å²) in [5, 5.41) is 0. The Kier molecular flexibility index (Phi) is 3.59.